The van der Waals surface area contributed by atoms with Crippen molar-refractivity contribution in [3.8, 4) is 0 Å². The van der Waals surface area contributed by atoms with Crippen LogP contribution in [0.2, 0.25) is 0 Å². The monoisotopic (exact) mass is 481 g/mol. The maximum Gasteiger partial charge on any atom is 0.222 e. The summed E-state index contributed by atoms with van der Waals surface area (Å²) in [5.41, 5.74) is 11.2. The molecule has 0 rings (SSSR count). The third-order valence-electron chi connectivity index (χ3n) is 5.52. The molecule has 4 nitrogen and oxygen atoms in total. The summed E-state index contributed by atoms with van der Waals surface area (Å²) in [7, 11) is 0. The summed E-state index contributed by atoms with van der Waals surface area (Å²) in [4.78, 5) is 14.3. The van der Waals surface area contributed by atoms with E-state index in [1.165, 1.54) is 77.0 Å². The molecule has 0 aliphatic heterocycles. The van der Waals surface area contributed by atoms with Gasteiger partial charge in [-0.3, -0.25) is 4.79 Å². The molecule has 0 heterocycles. The van der Waals surface area contributed by atoms with E-state index in [9.17, 15) is 4.79 Å². The lowest BCUT2D eigenvalue weighted by molar-refractivity contribution is -0.131. The maximum atomic E-state index is 12.3. The Morgan fingerprint density at radius 2 is 1.06 bits per heavy atom. The molecule has 0 bridgehead atoms. The standard InChI is InChI=1S/C25H51N3O.2ClH/c1-2-3-4-5-6-7-8-9-10-11-12-13-14-15-16-17-20-25(29)28(23-18-21-26)24-19-22-27;;/h10-11H,2-9,12-24,26-27H2,1H3;2*1H/b11-10-;;. The molecule has 0 saturated carbocycles. The molecule has 0 aromatic rings. The molecule has 188 valence electrons. The minimum Gasteiger partial charge on any atom is -0.343 e. The van der Waals surface area contributed by atoms with Crippen molar-refractivity contribution in [2.24, 2.45) is 11.5 Å². The number of unbranched alkanes of at least 4 members (excludes halogenated alkanes) is 12. The van der Waals surface area contributed by atoms with E-state index < -0.39 is 0 Å². The molecular formula is C25H53Cl2N3O. The predicted octanol–water partition coefficient (Wildman–Crippen LogP) is 6.78. The number of carbonyl (C=O) groups excluding carboxylic acids is 1. The quantitative estimate of drug-likeness (QED) is 0.132. The predicted molar refractivity (Wildman–Crippen MR) is 142 cm³/mol. The van der Waals surface area contributed by atoms with Crippen molar-refractivity contribution in [2.75, 3.05) is 26.2 Å². The Morgan fingerprint density at radius 1 is 0.645 bits per heavy atom. The third kappa shape index (κ3) is 25.8. The Bertz CT molecular complexity index is 374. The van der Waals surface area contributed by atoms with Gasteiger partial charge in [0.05, 0.1) is 0 Å². The molecule has 1 amide bonds. The fraction of sp³-hybridized carbons (Fsp3) is 0.880. The van der Waals surface area contributed by atoms with Crippen LogP contribution in [0.3, 0.4) is 0 Å². The van der Waals surface area contributed by atoms with Gasteiger partial charge >= 0.3 is 0 Å². The molecule has 6 heteroatoms. The summed E-state index contributed by atoms with van der Waals surface area (Å²) in [5.74, 6) is 0.278. The number of allylic oxidation sites excluding steroid dienone is 2. The lowest BCUT2D eigenvalue weighted by atomic mass is 10.1. The van der Waals surface area contributed by atoms with E-state index in [1.807, 2.05) is 4.90 Å². The number of amides is 1. The lowest BCUT2D eigenvalue weighted by Crippen LogP contribution is -2.34. The average molecular weight is 483 g/mol. The summed E-state index contributed by atoms with van der Waals surface area (Å²) in [6, 6.07) is 0. The zero-order valence-corrected chi connectivity index (χ0v) is 22.0. The van der Waals surface area contributed by atoms with Crippen LogP contribution in [-0.2, 0) is 4.79 Å². The second-order valence-electron chi connectivity index (χ2n) is 8.35. The average Bonchev–Trinajstić information content (AvgIpc) is 2.73. The summed E-state index contributed by atoms with van der Waals surface area (Å²) >= 11 is 0. The molecule has 0 aromatic carbocycles. The molecule has 0 atom stereocenters. The zero-order chi connectivity index (χ0) is 21.4. The fourth-order valence-corrected chi connectivity index (χ4v) is 3.61. The molecule has 0 fully saturated rings. The minimum atomic E-state index is 0. The van der Waals surface area contributed by atoms with Crippen LogP contribution in [-0.4, -0.2) is 37.0 Å². The first-order valence-electron chi connectivity index (χ1n) is 12.6. The molecule has 0 unspecified atom stereocenters. The highest BCUT2D eigenvalue weighted by Gasteiger charge is 2.11. The summed E-state index contributed by atoms with van der Waals surface area (Å²) in [6.45, 7) is 5.11. The van der Waals surface area contributed by atoms with Crippen molar-refractivity contribution >= 4 is 30.7 Å². The van der Waals surface area contributed by atoms with Gasteiger partial charge in [0.1, 0.15) is 0 Å². The van der Waals surface area contributed by atoms with Gasteiger partial charge in [-0.25, -0.2) is 0 Å². The van der Waals surface area contributed by atoms with Crippen LogP contribution in [0.25, 0.3) is 0 Å². The number of nitrogens with zero attached hydrogens (tertiary/aromatic N) is 1. The van der Waals surface area contributed by atoms with E-state index in [-0.39, 0.29) is 30.7 Å². The highest BCUT2D eigenvalue weighted by Crippen LogP contribution is 2.11. The second kappa shape index (κ2) is 29.7. The lowest BCUT2D eigenvalue weighted by Gasteiger charge is -2.22. The first-order chi connectivity index (χ1) is 14.3. The SMILES string of the molecule is CCCCCCCCC/C=C\CCCCCCCC(=O)N(CCCN)CCCN.Cl.Cl. The van der Waals surface area contributed by atoms with Gasteiger partial charge in [-0.1, -0.05) is 76.9 Å². The van der Waals surface area contributed by atoms with E-state index in [2.05, 4.69) is 19.1 Å². The van der Waals surface area contributed by atoms with Gasteiger partial charge in [-0.15, -0.1) is 24.8 Å². The molecule has 0 aromatic heterocycles. The van der Waals surface area contributed by atoms with Gasteiger partial charge in [0.15, 0.2) is 0 Å². The van der Waals surface area contributed by atoms with E-state index >= 15 is 0 Å². The van der Waals surface area contributed by atoms with Crippen molar-refractivity contribution in [2.45, 2.75) is 116 Å². The molecule has 31 heavy (non-hydrogen) atoms. The maximum absolute atomic E-state index is 12.3. The third-order valence-corrected chi connectivity index (χ3v) is 5.52. The van der Waals surface area contributed by atoms with Gasteiger partial charge in [-0.05, 0) is 58.0 Å². The highest BCUT2D eigenvalue weighted by molar-refractivity contribution is 5.85. The number of hydrogen-bond acceptors (Lipinski definition) is 3. The first-order valence-corrected chi connectivity index (χ1v) is 12.6. The Morgan fingerprint density at radius 3 is 1.52 bits per heavy atom. The molecule has 4 N–H and O–H groups in total. The molecular weight excluding hydrogens is 429 g/mol. The highest BCUT2D eigenvalue weighted by atomic mass is 35.5. The van der Waals surface area contributed by atoms with E-state index in [0.29, 0.717) is 19.5 Å². The molecule has 0 spiro atoms. The van der Waals surface area contributed by atoms with E-state index in [0.717, 1.165) is 38.8 Å². The van der Waals surface area contributed by atoms with Crippen LogP contribution in [0.5, 0.6) is 0 Å². The van der Waals surface area contributed by atoms with Gasteiger partial charge in [0.2, 0.25) is 5.91 Å². The molecule has 0 radical (unpaired) electrons. The number of carbonyl (C=O) groups is 1. The van der Waals surface area contributed by atoms with Crippen LogP contribution >= 0.6 is 24.8 Å². The Balaban J connectivity index is -0.00000392. The minimum absolute atomic E-state index is 0. The summed E-state index contributed by atoms with van der Waals surface area (Å²) < 4.78 is 0. The molecule has 0 saturated heterocycles. The van der Waals surface area contributed by atoms with E-state index in [1.54, 1.807) is 0 Å². The molecule has 0 aliphatic carbocycles. The van der Waals surface area contributed by atoms with Gasteiger partial charge in [-0.2, -0.15) is 0 Å². The van der Waals surface area contributed by atoms with Gasteiger partial charge in [0.25, 0.3) is 0 Å². The zero-order valence-electron chi connectivity index (χ0n) is 20.3. The van der Waals surface area contributed by atoms with Crippen LogP contribution in [0.15, 0.2) is 12.2 Å². The van der Waals surface area contributed by atoms with Gasteiger partial charge in [0, 0.05) is 19.5 Å². The van der Waals surface area contributed by atoms with Crippen LogP contribution in [0, 0.1) is 0 Å². The molecule has 0 aliphatic rings. The number of halogens is 2. The number of nitrogens with two attached hydrogens (primary N) is 2. The Hall–Kier alpha value is -0.290. The Kier molecular flexibility index (Phi) is 33.8. The van der Waals surface area contributed by atoms with Crippen LogP contribution in [0.4, 0.5) is 0 Å². The smallest absolute Gasteiger partial charge is 0.222 e. The van der Waals surface area contributed by atoms with Gasteiger partial charge < -0.3 is 16.4 Å². The van der Waals surface area contributed by atoms with E-state index in [4.69, 9.17) is 11.5 Å². The number of hydrogen-bond donors (Lipinski definition) is 2. The first kappa shape index (κ1) is 35.3. The normalized spacial score (nSPS) is 10.7. The van der Waals surface area contributed by atoms with Crippen molar-refractivity contribution in [1.29, 1.82) is 0 Å². The van der Waals surface area contributed by atoms with Crippen molar-refractivity contribution < 1.29 is 4.79 Å². The summed E-state index contributed by atoms with van der Waals surface area (Å²) in [5, 5.41) is 0. The summed E-state index contributed by atoms with van der Waals surface area (Å²) in [6.07, 6.45) is 25.3. The Labute approximate surface area is 206 Å². The van der Waals surface area contributed by atoms with Crippen LogP contribution < -0.4 is 11.5 Å². The topological polar surface area (TPSA) is 72.3 Å². The van der Waals surface area contributed by atoms with Crippen LogP contribution in [0.1, 0.15) is 116 Å². The number of rotatable bonds is 22. The van der Waals surface area contributed by atoms with Crippen molar-refractivity contribution in [3.63, 3.8) is 0 Å². The second-order valence-corrected chi connectivity index (χ2v) is 8.35. The fourth-order valence-electron chi connectivity index (χ4n) is 3.61. The van der Waals surface area contributed by atoms with Crippen molar-refractivity contribution in [1.82, 2.24) is 4.90 Å². The largest absolute Gasteiger partial charge is 0.343 e. The van der Waals surface area contributed by atoms with Crippen molar-refractivity contribution in [3.05, 3.63) is 12.2 Å².